The maximum Gasteiger partial charge on any atom is 0.255 e. The van der Waals surface area contributed by atoms with Gasteiger partial charge in [-0.05, 0) is 48.9 Å². The smallest absolute Gasteiger partial charge is 0.255 e. The molecule has 0 saturated heterocycles. The Hall–Kier alpha value is -2.60. The summed E-state index contributed by atoms with van der Waals surface area (Å²) in [7, 11) is 1.63. The summed E-state index contributed by atoms with van der Waals surface area (Å²) in [5, 5.41) is 7.27. The number of benzene rings is 2. The number of hydrogen-bond donors (Lipinski definition) is 1. The predicted octanol–water partition coefficient (Wildman–Crippen LogP) is 3.88. The molecule has 0 bridgehead atoms. The maximum absolute atomic E-state index is 12.5. The highest BCUT2D eigenvalue weighted by atomic mass is 79.9. The highest BCUT2D eigenvalue weighted by Gasteiger charge is 2.15. The van der Waals surface area contributed by atoms with Crippen LogP contribution in [0.25, 0.3) is 5.69 Å². The lowest BCUT2D eigenvalue weighted by Gasteiger charge is -2.07. The quantitative estimate of drug-likeness (QED) is 0.707. The Morgan fingerprint density at radius 1 is 1.16 bits per heavy atom. The van der Waals surface area contributed by atoms with Gasteiger partial charge in [0.2, 0.25) is 0 Å². The molecule has 0 radical (unpaired) electrons. The molecule has 0 aliphatic rings. The van der Waals surface area contributed by atoms with Crippen molar-refractivity contribution in [1.29, 1.82) is 0 Å². The fraction of sp³-hybridized carbons (Fsp3) is 0.158. The van der Waals surface area contributed by atoms with E-state index in [1.165, 1.54) is 0 Å². The molecule has 0 atom stereocenters. The number of halogens is 1. The van der Waals surface area contributed by atoms with Crippen LogP contribution < -0.4 is 10.1 Å². The fourth-order valence-electron chi connectivity index (χ4n) is 2.50. The Morgan fingerprint density at radius 2 is 1.84 bits per heavy atom. The minimum atomic E-state index is -0.142. The average Bonchev–Trinajstić information content (AvgIpc) is 3.02. The standard InChI is InChI=1S/C19H18BrN3O2/c1-13-18(12-22-23(13)16-7-5-15(20)6-8-16)19(24)21-11-14-3-9-17(25-2)10-4-14/h3-10,12H,11H2,1-2H3,(H,21,24). The summed E-state index contributed by atoms with van der Waals surface area (Å²) in [6.45, 7) is 2.34. The van der Waals surface area contributed by atoms with E-state index in [2.05, 4.69) is 26.3 Å². The molecule has 1 N–H and O–H groups in total. The summed E-state index contributed by atoms with van der Waals surface area (Å²) in [5.74, 6) is 0.651. The van der Waals surface area contributed by atoms with Gasteiger partial charge in [-0.2, -0.15) is 5.10 Å². The molecule has 25 heavy (non-hydrogen) atoms. The third kappa shape index (κ3) is 3.91. The number of ether oxygens (including phenoxy) is 1. The van der Waals surface area contributed by atoms with Crippen LogP contribution in [0.2, 0.25) is 0 Å². The van der Waals surface area contributed by atoms with Crippen molar-refractivity contribution in [3.8, 4) is 11.4 Å². The van der Waals surface area contributed by atoms with Crippen LogP contribution in [0.4, 0.5) is 0 Å². The van der Waals surface area contributed by atoms with Crippen LogP contribution in [0.1, 0.15) is 21.6 Å². The minimum Gasteiger partial charge on any atom is -0.497 e. The molecule has 0 fully saturated rings. The zero-order valence-corrected chi connectivity index (χ0v) is 15.6. The van der Waals surface area contributed by atoms with Crippen molar-refractivity contribution in [3.63, 3.8) is 0 Å². The fourth-order valence-corrected chi connectivity index (χ4v) is 2.76. The Morgan fingerprint density at radius 3 is 2.48 bits per heavy atom. The van der Waals surface area contributed by atoms with Crippen LogP contribution in [0.15, 0.2) is 59.2 Å². The molecule has 1 heterocycles. The first-order valence-corrected chi connectivity index (χ1v) is 8.59. The van der Waals surface area contributed by atoms with E-state index < -0.39 is 0 Å². The van der Waals surface area contributed by atoms with Crippen molar-refractivity contribution in [3.05, 3.63) is 76.0 Å². The Bertz CT molecular complexity index is 871. The second-order valence-corrected chi connectivity index (χ2v) is 6.48. The lowest BCUT2D eigenvalue weighted by molar-refractivity contribution is 0.0950. The molecule has 1 amide bonds. The normalized spacial score (nSPS) is 10.5. The van der Waals surface area contributed by atoms with E-state index >= 15 is 0 Å². The zero-order chi connectivity index (χ0) is 17.8. The van der Waals surface area contributed by atoms with E-state index in [1.807, 2.05) is 55.5 Å². The third-order valence-corrected chi connectivity index (χ3v) is 4.47. The second kappa shape index (κ2) is 7.53. The number of methoxy groups -OCH3 is 1. The van der Waals surface area contributed by atoms with Gasteiger partial charge in [0, 0.05) is 11.0 Å². The number of hydrogen-bond acceptors (Lipinski definition) is 3. The topological polar surface area (TPSA) is 56.1 Å². The lowest BCUT2D eigenvalue weighted by atomic mass is 10.2. The summed E-state index contributed by atoms with van der Waals surface area (Å²) < 4.78 is 7.89. The van der Waals surface area contributed by atoms with Crippen LogP contribution in [0, 0.1) is 6.92 Å². The summed E-state index contributed by atoms with van der Waals surface area (Å²) >= 11 is 3.42. The SMILES string of the molecule is COc1ccc(CNC(=O)c2cnn(-c3ccc(Br)cc3)c2C)cc1. The highest BCUT2D eigenvalue weighted by Crippen LogP contribution is 2.17. The number of carbonyl (C=O) groups is 1. The van der Waals surface area contributed by atoms with E-state index in [9.17, 15) is 4.79 Å². The predicted molar refractivity (Wildman–Crippen MR) is 100 cm³/mol. The van der Waals surface area contributed by atoms with Crippen molar-refractivity contribution < 1.29 is 9.53 Å². The van der Waals surface area contributed by atoms with Gasteiger partial charge >= 0.3 is 0 Å². The summed E-state index contributed by atoms with van der Waals surface area (Å²) in [4.78, 5) is 12.5. The summed E-state index contributed by atoms with van der Waals surface area (Å²) in [5.41, 5.74) is 3.29. The molecule has 3 aromatic rings. The van der Waals surface area contributed by atoms with Crippen molar-refractivity contribution in [2.75, 3.05) is 7.11 Å². The number of nitrogens with one attached hydrogen (secondary N) is 1. The third-order valence-electron chi connectivity index (χ3n) is 3.94. The van der Waals surface area contributed by atoms with E-state index in [-0.39, 0.29) is 5.91 Å². The van der Waals surface area contributed by atoms with Gasteiger partial charge in [0.15, 0.2) is 0 Å². The molecule has 1 aromatic heterocycles. The van der Waals surface area contributed by atoms with Gasteiger partial charge in [-0.25, -0.2) is 4.68 Å². The number of aromatic nitrogens is 2. The second-order valence-electron chi connectivity index (χ2n) is 5.56. The van der Waals surface area contributed by atoms with Crippen molar-refractivity contribution >= 4 is 21.8 Å². The van der Waals surface area contributed by atoms with Gasteiger partial charge in [0.05, 0.1) is 30.3 Å². The molecule has 0 aliphatic carbocycles. The minimum absolute atomic E-state index is 0.142. The maximum atomic E-state index is 12.5. The van der Waals surface area contributed by atoms with Crippen molar-refractivity contribution in [1.82, 2.24) is 15.1 Å². The monoisotopic (exact) mass is 399 g/mol. The van der Waals surface area contributed by atoms with Gasteiger partial charge < -0.3 is 10.1 Å². The molecule has 128 valence electrons. The lowest BCUT2D eigenvalue weighted by Crippen LogP contribution is -2.23. The molecule has 0 spiro atoms. The highest BCUT2D eigenvalue weighted by molar-refractivity contribution is 9.10. The number of amides is 1. The van der Waals surface area contributed by atoms with Crippen molar-refractivity contribution in [2.24, 2.45) is 0 Å². The molecule has 0 aliphatic heterocycles. The Balaban J connectivity index is 1.71. The van der Waals surface area contributed by atoms with Gasteiger partial charge in [-0.1, -0.05) is 28.1 Å². The van der Waals surface area contributed by atoms with Gasteiger partial charge in [0.25, 0.3) is 5.91 Å². The largest absolute Gasteiger partial charge is 0.497 e. The number of rotatable bonds is 5. The average molecular weight is 400 g/mol. The molecule has 3 rings (SSSR count). The molecule has 0 unspecified atom stereocenters. The van der Waals surface area contributed by atoms with E-state index in [1.54, 1.807) is 18.0 Å². The molecule has 5 nitrogen and oxygen atoms in total. The zero-order valence-electron chi connectivity index (χ0n) is 14.0. The first kappa shape index (κ1) is 17.2. The molecule has 0 saturated carbocycles. The van der Waals surface area contributed by atoms with E-state index in [0.29, 0.717) is 12.1 Å². The van der Waals surface area contributed by atoms with Crippen LogP contribution in [-0.2, 0) is 6.54 Å². The molecular formula is C19H18BrN3O2. The van der Waals surface area contributed by atoms with Crippen LogP contribution >= 0.6 is 15.9 Å². The Labute approximate surface area is 154 Å². The van der Waals surface area contributed by atoms with Crippen LogP contribution in [-0.4, -0.2) is 22.8 Å². The van der Waals surface area contributed by atoms with Gasteiger partial charge in [0.1, 0.15) is 5.75 Å². The van der Waals surface area contributed by atoms with E-state index in [4.69, 9.17) is 4.74 Å². The van der Waals surface area contributed by atoms with Gasteiger partial charge in [-0.3, -0.25) is 4.79 Å². The number of nitrogens with zero attached hydrogens (tertiary/aromatic N) is 2. The summed E-state index contributed by atoms with van der Waals surface area (Å²) in [6, 6.07) is 15.4. The molecule has 6 heteroatoms. The summed E-state index contributed by atoms with van der Waals surface area (Å²) in [6.07, 6.45) is 1.60. The van der Waals surface area contributed by atoms with Crippen LogP contribution in [0.3, 0.4) is 0 Å². The first-order chi connectivity index (χ1) is 12.1. The number of carbonyl (C=O) groups excluding carboxylic acids is 1. The molecular weight excluding hydrogens is 382 g/mol. The first-order valence-electron chi connectivity index (χ1n) is 7.80. The Kier molecular flexibility index (Phi) is 5.19. The van der Waals surface area contributed by atoms with Crippen molar-refractivity contribution in [2.45, 2.75) is 13.5 Å². The van der Waals surface area contributed by atoms with Crippen LogP contribution in [0.5, 0.6) is 5.75 Å². The van der Waals surface area contributed by atoms with E-state index in [0.717, 1.165) is 27.2 Å². The molecule has 2 aromatic carbocycles. The van der Waals surface area contributed by atoms with Gasteiger partial charge in [-0.15, -0.1) is 0 Å².